The molecular weight excluding hydrogens is 456 g/mol. The van der Waals surface area contributed by atoms with Gasteiger partial charge in [0.15, 0.2) is 0 Å². The third kappa shape index (κ3) is 13.1. The number of alkyl halides is 1. The van der Waals surface area contributed by atoms with Crippen LogP contribution in [-0.4, -0.2) is 69.3 Å². The molecule has 0 aromatic heterocycles. The predicted molar refractivity (Wildman–Crippen MR) is 116 cm³/mol. The van der Waals surface area contributed by atoms with E-state index >= 15 is 0 Å². The highest BCUT2D eigenvalue weighted by Crippen LogP contribution is 2.17. The van der Waals surface area contributed by atoms with Crippen molar-refractivity contribution < 1.29 is 16.8 Å². The highest BCUT2D eigenvalue weighted by molar-refractivity contribution is 9.09. The van der Waals surface area contributed by atoms with Crippen molar-refractivity contribution in [2.24, 2.45) is 10.3 Å². The molecule has 11 heteroatoms. The van der Waals surface area contributed by atoms with Gasteiger partial charge in [-0.2, -0.15) is 0 Å². The Balaban J connectivity index is 0.000000428. The van der Waals surface area contributed by atoms with Gasteiger partial charge in [0.1, 0.15) is 0 Å². The molecule has 0 unspecified atom stereocenters. The second kappa shape index (κ2) is 12.7. The van der Waals surface area contributed by atoms with Crippen LogP contribution in [0, 0.1) is 0 Å². The number of likely N-dealkylation sites (tertiary alicyclic amines) is 1. The molecule has 2 aliphatic heterocycles. The first-order valence-corrected chi connectivity index (χ1v) is 13.5. The zero-order valence-electron chi connectivity index (χ0n) is 16.9. The van der Waals surface area contributed by atoms with Crippen molar-refractivity contribution in [1.82, 2.24) is 10.2 Å². The Hall–Kier alpha value is 0.220. The molecule has 2 aliphatic rings. The van der Waals surface area contributed by atoms with Gasteiger partial charge in [-0.1, -0.05) is 29.8 Å². The normalized spacial score (nSPS) is 20.6. The van der Waals surface area contributed by atoms with Crippen LogP contribution in [0.4, 0.5) is 0 Å². The molecule has 0 aliphatic carbocycles. The van der Waals surface area contributed by atoms with Gasteiger partial charge in [0.05, 0.1) is 10.5 Å². The lowest BCUT2D eigenvalue weighted by Crippen LogP contribution is -2.44. The minimum atomic E-state index is -3.30. The van der Waals surface area contributed by atoms with Crippen LogP contribution in [0.1, 0.15) is 53.4 Å². The Morgan fingerprint density at radius 3 is 1.44 bits per heavy atom. The molecule has 2 heterocycles. The molecule has 0 aromatic carbocycles. The number of hydrogen-bond donors (Lipinski definition) is 3. The lowest BCUT2D eigenvalue weighted by molar-refractivity contribution is 0.186. The number of piperidine rings is 2. The van der Waals surface area contributed by atoms with Crippen LogP contribution in [0.5, 0.6) is 0 Å². The van der Waals surface area contributed by atoms with E-state index in [1.165, 1.54) is 0 Å². The molecular formula is C16H37BrN4O4S2. The third-order valence-electron chi connectivity index (χ3n) is 4.42. The van der Waals surface area contributed by atoms with E-state index in [9.17, 15) is 16.8 Å². The van der Waals surface area contributed by atoms with Gasteiger partial charge in [0, 0.05) is 10.9 Å². The van der Waals surface area contributed by atoms with Crippen LogP contribution < -0.4 is 15.6 Å². The monoisotopic (exact) mass is 492 g/mol. The van der Waals surface area contributed by atoms with Crippen LogP contribution in [-0.2, 0) is 20.0 Å². The summed E-state index contributed by atoms with van der Waals surface area (Å²) in [7, 11) is -6.57. The molecule has 0 spiro atoms. The molecule has 0 atom stereocenters. The Kier molecular flexibility index (Phi) is 12.8. The summed E-state index contributed by atoms with van der Waals surface area (Å²) in [6, 6.07) is 0.501. The molecule has 164 valence electrons. The summed E-state index contributed by atoms with van der Waals surface area (Å²) in [5.74, 6) is 0. The van der Waals surface area contributed by atoms with Crippen LogP contribution in [0.25, 0.3) is 0 Å². The SMILES string of the molecule is CC(C)Br.CC(C)N1CCC(S(N)(=O)=O)CC1.NS(=O)(=O)C1CCNCC1. The molecule has 0 radical (unpaired) electrons. The summed E-state index contributed by atoms with van der Waals surface area (Å²) >= 11 is 3.27. The number of hydrogen-bond acceptors (Lipinski definition) is 6. The number of nitrogens with zero attached hydrogens (tertiary/aromatic N) is 1. The van der Waals surface area contributed by atoms with E-state index in [0.717, 1.165) is 26.2 Å². The lowest BCUT2D eigenvalue weighted by Gasteiger charge is -2.33. The van der Waals surface area contributed by atoms with E-state index in [1.54, 1.807) is 0 Å². The zero-order valence-corrected chi connectivity index (χ0v) is 20.1. The molecule has 0 bridgehead atoms. The maximum absolute atomic E-state index is 11.0. The van der Waals surface area contributed by atoms with Crippen molar-refractivity contribution in [1.29, 1.82) is 0 Å². The zero-order chi connectivity index (χ0) is 21.3. The Morgan fingerprint density at radius 2 is 1.19 bits per heavy atom. The number of nitrogens with one attached hydrogen (secondary N) is 1. The molecule has 0 amide bonds. The maximum Gasteiger partial charge on any atom is 0.212 e. The number of halogens is 1. The second-order valence-corrected chi connectivity index (χ2v) is 13.0. The number of rotatable bonds is 3. The average molecular weight is 494 g/mol. The fourth-order valence-corrected chi connectivity index (χ4v) is 4.61. The van der Waals surface area contributed by atoms with Crippen molar-refractivity contribution in [3.63, 3.8) is 0 Å². The molecule has 2 rings (SSSR count). The van der Waals surface area contributed by atoms with Gasteiger partial charge in [-0.25, -0.2) is 27.1 Å². The fraction of sp³-hybridized carbons (Fsp3) is 1.00. The number of primary sulfonamides is 2. The quantitative estimate of drug-likeness (QED) is 0.501. The van der Waals surface area contributed by atoms with Crippen LogP contribution in [0.2, 0.25) is 0 Å². The van der Waals surface area contributed by atoms with E-state index in [2.05, 4.69) is 53.8 Å². The molecule has 27 heavy (non-hydrogen) atoms. The van der Waals surface area contributed by atoms with Crippen molar-refractivity contribution in [2.45, 2.75) is 74.7 Å². The fourth-order valence-electron chi connectivity index (χ4n) is 2.84. The Labute approximate surface area is 174 Å². The summed E-state index contributed by atoms with van der Waals surface area (Å²) in [5, 5.41) is 12.5. The smallest absolute Gasteiger partial charge is 0.212 e. The lowest BCUT2D eigenvalue weighted by atomic mass is 10.1. The minimum Gasteiger partial charge on any atom is -0.317 e. The summed E-state index contributed by atoms with van der Waals surface area (Å²) in [6.45, 7) is 11.6. The summed E-state index contributed by atoms with van der Waals surface area (Å²) in [4.78, 5) is 2.93. The first kappa shape index (κ1) is 27.2. The van der Waals surface area contributed by atoms with Crippen molar-refractivity contribution >= 4 is 36.0 Å². The summed E-state index contributed by atoms with van der Waals surface area (Å²) in [5.41, 5.74) is 0. The standard InChI is InChI=1S/C8H18N2O2S.C5H12N2O2S.C3H7Br/c1-7(2)10-5-3-8(4-6-10)13(9,11)12;6-10(8,9)5-1-3-7-4-2-5;1-3(2)4/h7-8H,3-6H2,1-2H3,(H2,9,11,12);5,7H,1-4H2,(H2,6,8,9);3H,1-2H3. The van der Waals surface area contributed by atoms with Crippen molar-refractivity contribution in [3.05, 3.63) is 0 Å². The van der Waals surface area contributed by atoms with Crippen LogP contribution in [0.15, 0.2) is 0 Å². The molecule has 2 fully saturated rings. The number of nitrogens with two attached hydrogens (primary N) is 2. The van der Waals surface area contributed by atoms with Gasteiger partial charge in [-0.3, -0.25) is 0 Å². The van der Waals surface area contributed by atoms with Gasteiger partial charge in [0.25, 0.3) is 0 Å². The van der Waals surface area contributed by atoms with Crippen LogP contribution >= 0.6 is 15.9 Å². The van der Waals surface area contributed by atoms with Gasteiger partial charge in [-0.15, -0.1) is 0 Å². The third-order valence-corrected chi connectivity index (χ3v) is 7.22. The van der Waals surface area contributed by atoms with Gasteiger partial charge >= 0.3 is 0 Å². The molecule has 0 saturated carbocycles. The Morgan fingerprint density at radius 1 is 0.852 bits per heavy atom. The summed E-state index contributed by atoms with van der Waals surface area (Å²) < 4.78 is 43.5. The largest absolute Gasteiger partial charge is 0.317 e. The van der Waals surface area contributed by atoms with E-state index in [4.69, 9.17) is 10.3 Å². The Bertz CT molecular complexity index is 595. The van der Waals surface area contributed by atoms with E-state index in [1.807, 2.05) is 0 Å². The minimum absolute atomic E-state index is 0.311. The van der Waals surface area contributed by atoms with Crippen molar-refractivity contribution in [3.8, 4) is 0 Å². The first-order chi connectivity index (χ1) is 12.2. The van der Waals surface area contributed by atoms with Crippen molar-refractivity contribution in [2.75, 3.05) is 26.2 Å². The van der Waals surface area contributed by atoms with E-state index in [-0.39, 0.29) is 10.5 Å². The molecule has 0 aromatic rings. The molecule has 8 nitrogen and oxygen atoms in total. The molecule has 5 N–H and O–H groups in total. The second-order valence-electron chi connectivity index (χ2n) is 7.47. The van der Waals surface area contributed by atoms with Gasteiger partial charge in [0.2, 0.25) is 20.0 Å². The molecule has 2 saturated heterocycles. The summed E-state index contributed by atoms with van der Waals surface area (Å²) in [6.07, 6.45) is 2.66. The van der Waals surface area contributed by atoms with Gasteiger partial charge in [-0.05, 0) is 65.7 Å². The van der Waals surface area contributed by atoms with Crippen LogP contribution in [0.3, 0.4) is 0 Å². The highest BCUT2D eigenvalue weighted by Gasteiger charge is 2.27. The van der Waals surface area contributed by atoms with Gasteiger partial charge < -0.3 is 10.2 Å². The average Bonchev–Trinajstić information content (AvgIpc) is 2.54. The highest BCUT2D eigenvalue weighted by atomic mass is 79.9. The predicted octanol–water partition coefficient (Wildman–Crippen LogP) is 0.964. The topological polar surface area (TPSA) is 136 Å². The van der Waals surface area contributed by atoms with E-state index < -0.39 is 20.0 Å². The first-order valence-electron chi connectivity index (χ1n) is 9.37. The number of sulfonamides is 2. The maximum atomic E-state index is 11.0. The van der Waals surface area contributed by atoms with E-state index in [0.29, 0.717) is 36.6 Å².